The molecule has 92 valence electrons. The van der Waals surface area contributed by atoms with Crippen molar-refractivity contribution >= 4 is 21.6 Å². The average molecular weight is 266 g/mol. The molecule has 0 radical (unpaired) electrons. The van der Waals surface area contributed by atoms with E-state index in [1.807, 2.05) is 0 Å². The highest BCUT2D eigenvalue weighted by Crippen LogP contribution is 2.03. The minimum atomic E-state index is -3.27. The van der Waals surface area contributed by atoms with E-state index in [2.05, 4.69) is 9.82 Å². The molecule has 0 aliphatic rings. The number of aryl methyl sites for hydroxylation is 1. The van der Waals surface area contributed by atoms with Crippen LogP contribution >= 0.6 is 11.6 Å². The van der Waals surface area contributed by atoms with Gasteiger partial charge in [0.2, 0.25) is 10.0 Å². The molecule has 0 bridgehead atoms. The van der Waals surface area contributed by atoms with Crippen molar-refractivity contribution < 1.29 is 8.42 Å². The number of aromatic nitrogens is 2. The quantitative estimate of drug-likeness (QED) is 0.771. The molecular weight excluding hydrogens is 250 g/mol. The first kappa shape index (κ1) is 13.5. The van der Waals surface area contributed by atoms with Gasteiger partial charge >= 0.3 is 0 Å². The number of alkyl halides is 1. The number of hydrogen-bond donors (Lipinski definition) is 1. The summed E-state index contributed by atoms with van der Waals surface area (Å²) in [4.78, 5) is 0. The zero-order valence-electron chi connectivity index (χ0n) is 9.35. The standard InChI is InChI=1S/C9H16ClN3O2S/c1-8(5-10)7-16(14,15)11-6-9-3-4-13(2)12-9/h3-4,8,11H,5-7H2,1-2H3. The predicted molar refractivity (Wildman–Crippen MR) is 63.7 cm³/mol. The van der Waals surface area contributed by atoms with E-state index in [4.69, 9.17) is 11.6 Å². The number of hydrogen-bond acceptors (Lipinski definition) is 3. The molecule has 0 fully saturated rings. The van der Waals surface area contributed by atoms with Gasteiger partial charge in [0.15, 0.2) is 0 Å². The maximum Gasteiger partial charge on any atom is 0.212 e. The summed E-state index contributed by atoms with van der Waals surface area (Å²) in [5.41, 5.74) is 0.699. The molecule has 0 spiro atoms. The molecule has 5 nitrogen and oxygen atoms in total. The van der Waals surface area contributed by atoms with Gasteiger partial charge in [0.05, 0.1) is 18.0 Å². The molecule has 1 heterocycles. The largest absolute Gasteiger partial charge is 0.276 e. The van der Waals surface area contributed by atoms with Crippen LogP contribution in [0.5, 0.6) is 0 Å². The lowest BCUT2D eigenvalue weighted by Gasteiger charge is -2.08. The van der Waals surface area contributed by atoms with Gasteiger partial charge in [0.1, 0.15) is 0 Å². The summed E-state index contributed by atoms with van der Waals surface area (Å²) in [6.45, 7) is 2.02. The molecule has 1 rings (SSSR count). The number of halogens is 1. The third-order valence-corrected chi connectivity index (χ3v) is 4.13. The lowest BCUT2D eigenvalue weighted by atomic mass is 10.3. The van der Waals surface area contributed by atoms with Crippen LogP contribution in [0.3, 0.4) is 0 Å². The van der Waals surface area contributed by atoms with Crippen molar-refractivity contribution in [2.24, 2.45) is 13.0 Å². The Kier molecular flexibility index (Phi) is 4.76. The van der Waals surface area contributed by atoms with Crippen molar-refractivity contribution in [2.75, 3.05) is 11.6 Å². The van der Waals surface area contributed by atoms with Crippen LogP contribution in [0, 0.1) is 5.92 Å². The minimum absolute atomic E-state index is 0.0450. The SMILES string of the molecule is CC(CCl)CS(=O)(=O)NCc1ccn(C)n1. The molecule has 0 saturated heterocycles. The van der Waals surface area contributed by atoms with Crippen LogP contribution in [0.25, 0.3) is 0 Å². The fraction of sp³-hybridized carbons (Fsp3) is 0.667. The second-order valence-corrected chi connectivity index (χ2v) is 6.00. The smallest absolute Gasteiger partial charge is 0.212 e. The molecular formula is C9H16ClN3O2S. The Labute approximate surface area is 101 Å². The van der Waals surface area contributed by atoms with Gasteiger partial charge in [-0.15, -0.1) is 11.6 Å². The lowest BCUT2D eigenvalue weighted by molar-refractivity contribution is 0.567. The van der Waals surface area contributed by atoms with Gasteiger partial charge in [-0.3, -0.25) is 4.68 Å². The number of sulfonamides is 1. The Bertz CT molecular complexity index is 430. The van der Waals surface area contributed by atoms with Gasteiger partial charge < -0.3 is 0 Å². The molecule has 7 heteroatoms. The third kappa shape index (κ3) is 4.51. The predicted octanol–water partition coefficient (Wildman–Crippen LogP) is 0.714. The van der Waals surface area contributed by atoms with Crippen LogP contribution in [0.4, 0.5) is 0 Å². The van der Waals surface area contributed by atoms with Crippen molar-refractivity contribution in [1.29, 1.82) is 0 Å². The van der Waals surface area contributed by atoms with Crippen LogP contribution in [-0.2, 0) is 23.6 Å². The maximum atomic E-state index is 11.6. The van der Waals surface area contributed by atoms with Crippen LogP contribution in [0.2, 0.25) is 0 Å². The first-order valence-corrected chi connectivity index (χ1v) is 7.13. The van der Waals surface area contributed by atoms with E-state index in [-0.39, 0.29) is 18.2 Å². The Hall–Kier alpha value is -0.590. The van der Waals surface area contributed by atoms with E-state index in [1.54, 1.807) is 30.9 Å². The maximum absolute atomic E-state index is 11.6. The topological polar surface area (TPSA) is 64.0 Å². The lowest BCUT2D eigenvalue weighted by Crippen LogP contribution is -2.29. The Morgan fingerprint density at radius 2 is 2.31 bits per heavy atom. The highest BCUT2D eigenvalue weighted by Gasteiger charge is 2.14. The number of nitrogens with one attached hydrogen (secondary N) is 1. The van der Waals surface area contributed by atoms with Crippen LogP contribution in [-0.4, -0.2) is 29.8 Å². The summed E-state index contributed by atoms with van der Waals surface area (Å²) < 4.78 is 27.3. The molecule has 0 amide bonds. The van der Waals surface area contributed by atoms with Crippen molar-refractivity contribution in [3.63, 3.8) is 0 Å². The van der Waals surface area contributed by atoms with E-state index < -0.39 is 10.0 Å². The third-order valence-electron chi connectivity index (χ3n) is 2.01. The zero-order valence-corrected chi connectivity index (χ0v) is 10.9. The van der Waals surface area contributed by atoms with E-state index in [0.29, 0.717) is 11.6 Å². The Morgan fingerprint density at radius 1 is 1.62 bits per heavy atom. The van der Waals surface area contributed by atoms with E-state index >= 15 is 0 Å². The van der Waals surface area contributed by atoms with E-state index in [9.17, 15) is 8.42 Å². The van der Waals surface area contributed by atoms with Crippen molar-refractivity contribution in [1.82, 2.24) is 14.5 Å². The van der Waals surface area contributed by atoms with Gasteiger partial charge in [-0.2, -0.15) is 5.10 Å². The monoisotopic (exact) mass is 265 g/mol. The molecule has 0 aromatic carbocycles. The summed E-state index contributed by atoms with van der Waals surface area (Å²) in [6, 6.07) is 1.77. The van der Waals surface area contributed by atoms with Gasteiger partial charge in [0, 0.05) is 19.1 Å². The summed E-state index contributed by atoms with van der Waals surface area (Å²) in [7, 11) is -1.48. The second-order valence-electron chi connectivity index (χ2n) is 3.84. The van der Waals surface area contributed by atoms with Crippen molar-refractivity contribution in [2.45, 2.75) is 13.5 Å². The Morgan fingerprint density at radius 3 is 2.81 bits per heavy atom. The van der Waals surface area contributed by atoms with Gasteiger partial charge in [0.25, 0.3) is 0 Å². The van der Waals surface area contributed by atoms with Crippen LogP contribution in [0.15, 0.2) is 12.3 Å². The van der Waals surface area contributed by atoms with Gasteiger partial charge in [-0.05, 0) is 12.0 Å². The molecule has 16 heavy (non-hydrogen) atoms. The molecule has 1 atom stereocenters. The van der Waals surface area contributed by atoms with Crippen molar-refractivity contribution in [3.05, 3.63) is 18.0 Å². The molecule has 0 aliphatic carbocycles. The summed E-state index contributed by atoms with van der Waals surface area (Å²) >= 11 is 5.57. The highest BCUT2D eigenvalue weighted by molar-refractivity contribution is 7.89. The average Bonchev–Trinajstić information content (AvgIpc) is 2.61. The van der Waals surface area contributed by atoms with Gasteiger partial charge in [-0.1, -0.05) is 6.92 Å². The van der Waals surface area contributed by atoms with E-state index in [1.165, 1.54) is 0 Å². The van der Waals surface area contributed by atoms with Crippen LogP contribution < -0.4 is 4.72 Å². The minimum Gasteiger partial charge on any atom is -0.276 e. The Balaban J connectivity index is 2.48. The molecule has 0 aliphatic heterocycles. The molecule has 1 aromatic rings. The first-order valence-electron chi connectivity index (χ1n) is 4.95. The van der Waals surface area contributed by atoms with Crippen LogP contribution in [0.1, 0.15) is 12.6 Å². The summed E-state index contributed by atoms with van der Waals surface area (Å²) in [5, 5.41) is 4.08. The fourth-order valence-electron chi connectivity index (χ4n) is 1.22. The molecule has 1 unspecified atom stereocenters. The fourth-order valence-corrected chi connectivity index (χ4v) is 2.81. The zero-order chi connectivity index (χ0) is 12.2. The summed E-state index contributed by atoms with van der Waals surface area (Å²) in [5.74, 6) is 0.330. The number of rotatable bonds is 6. The van der Waals surface area contributed by atoms with Crippen molar-refractivity contribution in [3.8, 4) is 0 Å². The first-order chi connectivity index (χ1) is 7.43. The van der Waals surface area contributed by atoms with E-state index in [0.717, 1.165) is 0 Å². The molecule has 1 N–H and O–H groups in total. The second kappa shape index (κ2) is 5.65. The number of nitrogens with zero attached hydrogens (tertiary/aromatic N) is 2. The summed E-state index contributed by atoms with van der Waals surface area (Å²) in [6.07, 6.45) is 1.77. The molecule has 0 saturated carbocycles. The molecule has 1 aromatic heterocycles. The highest BCUT2D eigenvalue weighted by atomic mass is 35.5. The normalized spacial score (nSPS) is 13.9. The van der Waals surface area contributed by atoms with Gasteiger partial charge in [-0.25, -0.2) is 13.1 Å².